The Hall–Kier alpha value is -1.07. The third-order valence-corrected chi connectivity index (χ3v) is 5.08. The van der Waals surface area contributed by atoms with Crippen LogP contribution < -0.4 is 14.8 Å². The molecule has 0 radical (unpaired) electrons. The van der Waals surface area contributed by atoms with Gasteiger partial charge in [0.05, 0.1) is 42.5 Å². The van der Waals surface area contributed by atoms with Crippen LogP contribution in [0.3, 0.4) is 0 Å². The van der Waals surface area contributed by atoms with Gasteiger partial charge in [-0.15, -0.1) is 35.3 Å². The van der Waals surface area contributed by atoms with E-state index in [4.69, 9.17) is 14.5 Å². The van der Waals surface area contributed by atoms with Crippen molar-refractivity contribution in [1.82, 2.24) is 15.2 Å². The maximum atomic E-state index is 5.40. The smallest absolute Gasteiger partial charge is 0.194 e. The fourth-order valence-corrected chi connectivity index (χ4v) is 3.75. The molecule has 0 spiro atoms. The van der Waals surface area contributed by atoms with Crippen LogP contribution in [-0.2, 0) is 13.1 Å². The van der Waals surface area contributed by atoms with Gasteiger partial charge in [-0.05, 0) is 47.5 Å². The number of hydrogen-bond donors (Lipinski definition) is 1. The molecule has 1 aromatic carbocycles. The minimum atomic E-state index is 0. The Morgan fingerprint density at radius 3 is 2.63 bits per heavy atom. The summed E-state index contributed by atoms with van der Waals surface area (Å²) in [6, 6.07) is 3.94. The van der Waals surface area contributed by atoms with Crippen LogP contribution in [0.1, 0.15) is 23.2 Å². The molecule has 1 heterocycles. The molecule has 27 heavy (non-hydrogen) atoms. The molecule has 0 atom stereocenters. The van der Waals surface area contributed by atoms with Crippen molar-refractivity contribution in [3.63, 3.8) is 0 Å². The minimum absolute atomic E-state index is 0. The number of aliphatic imine (C=N–C) groups is 1. The summed E-state index contributed by atoms with van der Waals surface area (Å²) in [5.74, 6) is 2.20. The van der Waals surface area contributed by atoms with Crippen LogP contribution in [0.25, 0.3) is 0 Å². The van der Waals surface area contributed by atoms with Gasteiger partial charge < -0.3 is 19.7 Å². The number of thiazole rings is 1. The van der Waals surface area contributed by atoms with E-state index in [2.05, 4.69) is 43.4 Å². The fourth-order valence-electron chi connectivity index (χ4n) is 2.50. The Kier molecular flexibility index (Phi) is 10.4. The lowest BCUT2D eigenvalue weighted by Gasteiger charge is -2.21. The third kappa shape index (κ3) is 6.79. The molecule has 0 aliphatic rings. The Balaban J connectivity index is 0.00000364. The van der Waals surface area contributed by atoms with Crippen molar-refractivity contribution in [3.05, 3.63) is 38.3 Å². The highest BCUT2D eigenvalue weighted by Crippen LogP contribution is 2.36. The zero-order chi connectivity index (χ0) is 19.1. The van der Waals surface area contributed by atoms with Gasteiger partial charge in [-0.3, -0.25) is 0 Å². The van der Waals surface area contributed by atoms with Gasteiger partial charge in [-0.1, -0.05) is 0 Å². The second kappa shape index (κ2) is 11.7. The minimum Gasteiger partial charge on any atom is -0.493 e. The van der Waals surface area contributed by atoms with Crippen molar-refractivity contribution in [2.75, 3.05) is 27.8 Å². The zero-order valence-electron chi connectivity index (χ0n) is 16.2. The molecule has 1 N–H and O–H groups in total. The van der Waals surface area contributed by atoms with E-state index >= 15 is 0 Å². The summed E-state index contributed by atoms with van der Waals surface area (Å²) in [4.78, 5) is 11.3. The van der Waals surface area contributed by atoms with Gasteiger partial charge in [0, 0.05) is 19.0 Å². The first-order valence-corrected chi connectivity index (χ1v) is 9.96. The number of guanidine groups is 1. The zero-order valence-corrected chi connectivity index (χ0v) is 20.9. The third-order valence-electron chi connectivity index (χ3n) is 3.67. The predicted octanol–water partition coefficient (Wildman–Crippen LogP) is 4.45. The number of rotatable bonds is 7. The van der Waals surface area contributed by atoms with Crippen molar-refractivity contribution in [3.8, 4) is 11.5 Å². The summed E-state index contributed by atoms with van der Waals surface area (Å²) >= 11 is 5.19. The fraction of sp³-hybridized carbons (Fsp3) is 0.444. The van der Waals surface area contributed by atoms with E-state index in [-0.39, 0.29) is 24.0 Å². The van der Waals surface area contributed by atoms with Crippen molar-refractivity contribution < 1.29 is 9.47 Å². The molecular weight excluding hydrogens is 543 g/mol. The highest BCUT2D eigenvalue weighted by molar-refractivity contribution is 14.0. The molecule has 0 bridgehead atoms. The second-order valence-electron chi connectivity index (χ2n) is 5.70. The Bertz CT molecular complexity index is 770. The first-order chi connectivity index (χ1) is 12.5. The molecule has 9 heteroatoms. The molecule has 2 aromatic rings. The van der Waals surface area contributed by atoms with Gasteiger partial charge in [-0.2, -0.15) is 0 Å². The molecular formula is C18H26BrIN4O2S. The molecule has 0 aliphatic heterocycles. The van der Waals surface area contributed by atoms with E-state index in [1.807, 2.05) is 26.1 Å². The first-order valence-electron chi connectivity index (χ1n) is 8.29. The van der Waals surface area contributed by atoms with E-state index in [0.29, 0.717) is 24.6 Å². The van der Waals surface area contributed by atoms with Gasteiger partial charge in [0.25, 0.3) is 0 Å². The van der Waals surface area contributed by atoms with Crippen LogP contribution in [0.2, 0.25) is 0 Å². The maximum absolute atomic E-state index is 5.40. The van der Waals surface area contributed by atoms with Crippen LogP contribution in [0.15, 0.2) is 27.0 Å². The molecule has 0 fully saturated rings. The molecule has 150 valence electrons. The van der Waals surface area contributed by atoms with Crippen LogP contribution in [0, 0.1) is 6.92 Å². The van der Waals surface area contributed by atoms with Crippen LogP contribution in [0.5, 0.6) is 11.5 Å². The number of nitrogens with zero attached hydrogens (tertiary/aromatic N) is 3. The molecule has 0 saturated carbocycles. The largest absolute Gasteiger partial charge is 0.493 e. The van der Waals surface area contributed by atoms with Crippen molar-refractivity contribution in [2.24, 2.45) is 4.99 Å². The van der Waals surface area contributed by atoms with Crippen LogP contribution in [-0.4, -0.2) is 43.7 Å². The van der Waals surface area contributed by atoms with Gasteiger partial charge in [0.1, 0.15) is 0 Å². The Morgan fingerprint density at radius 2 is 2.07 bits per heavy atom. The molecule has 6 nitrogen and oxygen atoms in total. The molecule has 2 rings (SSSR count). The second-order valence-corrected chi connectivity index (χ2v) is 7.61. The summed E-state index contributed by atoms with van der Waals surface area (Å²) in [5.41, 5.74) is 2.08. The van der Waals surface area contributed by atoms with E-state index in [0.717, 1.165) is 33.2 Å². The van der Waals surface area contributed by atoms with Gasteiger partial charge >= 0.3 is 0 Å². The topological polar surface area (TPSA) is 59.0 Å². The number of ether oxygens (including phenoxy) is 2. The van der Waals surface area contributed by atoms with Gasteiger partial charge in [0.15, 0.2) is 17.5 Å². The van der Waals surface area contributed by atoms with Crippen molar-refractivity contribution in [1.29, 1.82) is 0 Å². The standard InChI is InChI=1S/C18H25BrN4O2S.HI/c1-6-20-18(23(3)10-14-11-26-12(2)22-14)21-9-13-7-15(19)17(25-5)16(8-13)24-4;/h7-8,11H,6,9-10H2,1-5H3,(H,20,21);1H. The number of hydrogen-bond acceptors (Lipinski definition) is 5. The summed E-state index contributed by atoms with van der Waals surface area (Å²) < 4.78 is 11.6. The monoisotopic (exact) mass is 568 g/mol. The SMILES string of the molecule is CCNC(=NCc1cc(Br)c(OC)c(OC)c1)N(C)Cc1csc(C)n1.I. The van der Waals surface area contributed by atoms with Crippen LogP contribution >= 0.6 is 51.2 Å². The average molecular weight is 569 g/mol. The van der Waals surface area contributed by atoms with Gasteiger partial charge in [0.2, 0.25) is 0 Å². The molecule has 1 aromatic heterocycles. The lowest BCUT2D eigenvalue weighted by molar-refractivity contribution is 0.352. The highest BCUT2D eigenvalue weighted by atomic mass is 127. The van der Waals surface area contributed by atoms with E-state index < -0.39 is 0 Å². The number of aromatic nitrogens is 1. The Labute approximate surface area is 190 Å². The summed E-state index contributed by atoms with van der Waals surface area (Å²) in [7, 11) is 5.27. The molecule has 0 unspecified atom stereocenters. The van der Waals surface area contributed by atoms with Crippen LogP contribution in [0.4, 0.5) is 0 Å². The van der Waals surface area contributed by atoms with Crippen molar-refractivity contribution in [2.45, 2.75) is 26.9 Å². The van der Waals surface area contributed by atoms with E-state index in [1.54, 1.807) is 25.6 Å². The molecule has 0 amide bonds. The van der Waals surface area contributed by atoms with Crippen molar-refractivity contribution >= 4 is 57.2 Å². The number of halogens is 2. The van der Waals surface area contributed by atoms with E-state index in [9.17, 15) is 0 Å². The summed E-state index contributed by atoms with van der Waals surface area (Å²) in [5, 5.41) is 6.49. The lowest BCUT2D eigenvalue weighted by atomic mass is 10.2. The highest BCUT2D eigenvalue weighted by Gasteiger charge is 2.12. The normalized spacial score (nSPS) is 11.0. The summed E-state index contributed by atoms with van der Waals surface area (Å²) in [6.45, 7) is 6.12. The summed E-state index contributed by atoms with van der Waals surface area (Å²) in [6.07, 6.45) is 0. The number of aryl methyl sites for hydroxylation is 1. The number of nitrogens with one attached hydrogen (secondary N) is 1. The quantitative estimate of drug-likeness (QED) is 0.304. The predicted molar refractivity (Wildman–Crippen MR) is 126 cm³/mol. The maximum Gasteiger partial charge on any atom is 0.194 e. The lowest BCUT2D eigenvalue weighted by Crippen LogP contribution is -2.38. The Morgan fingerprint density at radius 1 is 1.33 bits per heavy atom. The van der Waals surface area contributed by atoms with Gasteiger partial charge in [-0.25, -0.2) is 9.98 Å². The number of methoxy groups -OCH3 is 2. The molecule has 0 aliphatic carbocycles. The molecule has 0 saturated heterocycles. The first kappa shape index (κ1) is 24.0. The average Bonchev–Trinajstić information content (AvgIpc) is 3.02. The number of benzene rings is 1. The van der Waals surface area contributed by atoms with E-state index in [1.165, 1.54) is 0 Å².